The maximum Gasteiger partial charge on any atom is 0.419 e. The number of benzene rings is 1. The van der Waals surface area contributed by atoms with Crippen molar-refractivity contribution in [3.8, 4) is 0 Å². The minimum Gasteiger partial charge on any atom is -0.479 e. The van der Waals surface area contributed by atoms with Gasteiger partial charge in [0, 0.05) is 11.8 Å². The molecular formula is C15H12F4N6O2. The molecule has 0 spiro atoms. The lowest BCUT2D eigenvalue weighted by molar-refractivity contribution is -0.140. The highest BCUT2D eigenvalue weighted by Crippen LogP contribution is 2.33. The first-order valence-corrected chi connectivity index (χ1v) is 7.42. The second-order valence-electron chi connectivity index (χ2n) is 5.62. The summed E-state index contributed by atoms with van der Waals surface area (Å²) < 4.78 is 53.1. The van der Waals surface area contributed by atoms with E-state index >= 15 is 0 Å². The average Bonchev–Trinajstić information content (AvgIpc) is 2.90. The van der Waals surface area contributed by atoms with Crippen molar-refractivity contribution in [2.75, 3.05) is 11.1 Å². The van der Waals surface area contributed by atoms with Crippen LogP contribution < -0.4 is 11.1 Å². The van der Waals surface area contributed by atoms with Crippen molar-refractivity contribution in [2.24, 2.45) is 0 Å². The number of anilines is 2. The number of aromatic nitrogens is 4. The molecule has 0 aliphatic rings. The van der Waals surface area contributed by atoms with Crippen LogP contribution in [0.4, 0.5) is 29.3 Å². The van der Waals surface area contributed by atoms with Crippen LogP contribution >= 0.6 is 0 Å². The molecule has 2 heterocycles. The number of halogens is 4. The highest BCUT2D eigenvalue weighted by atomic mass is 19.4. The molecule has 12 heteroatoms. The smallest absolute Gasteiger partial charge is 0.419 e. The fourth-order valence-corrected chi connectivity index (χ4v) is 2.48. The number of hydrogen-bond acceptors (Lipinski definition) is 6. The third-order valence-corrected chi connectivity index (χ3v) is 3.63. The summed E-state index contributed by atoms with van der Waals surface area (Å²) in [4.78, 5) is 19.6. The molecule has 0 bridgehead atoms. The van der Waals surface area contributed by atoms with Gasteiger partial charge in [0.2, 0.25) is 5.95 Å². The Labute approximate surface area is 148 Å². The number of nitrogen functional groups attached to an aromatic ring is 1. The van der Waals surface area contributed by atoms with Crippen molar-refractivity contribution in [3.63, 3.8) is 0 Å². The van der Waals surface area contributed by atoms with E-state index < -0.39 is 29.6 Å². The normalized spacial score (nSPS) is 12.9. The largest absolute Gasteiger partial charge is 0.479 e. The highest BCUT2D eigenvalue weighted by molar-refractivity contribution is 5.79. The summed E-state index contributed by atoms with van der Waals surface area (Å²) in [6.45, 7) is 1.61. The Hall–Kier alpha value is -3.44. The zero-order chi connectivity index (χ0) is 19.9. The summed E-state index contributed by atoms with van der Waals surface area (Å²) in [5.74, 6) is -2.91. The Balaban J connectivity index is 2.03. The minimum absolute atomic E-state index is 0.0951. The molecule has 142 valence electrons. The first-order valence-electron chi connectivity index (χ1n) is 7.42. The molecule has 8 nitrogen and oxygen atoms in total. The van der Waals surface area contributed by atoms with Crippen LogP contribution in [-0.2, 0) is 11.0 Å². The van der Waals surface area contributed by atoms with E-state index in [4.69, 9.17) is 5.73 Å². The Morgan fingerprint density at radius 3 is 2.59 bits per heavy atom. The maximum atomic E-state index is 13.8. The van der Waals surface area contributed by atoms with Crippen LogP contribution in [0.2, 0.25) is 0 Å². The number of alkyl halides is 3. The van der Waals surface area contributed by atoms with Gasteiger partial charge in [0.05, 0.1) is 5.56 Å². The van der Waals surface area contributed by atoms with E-state index in [1.54, 1.807) is 6.92 Å². The zero-order valence-electron chi connectivity index (χ0n) is 13.6. The van der Waals surface area contributed by atoms with Gasteiger partial charge in [-0.05, 0) is 24.6 Å². The number of aryl methyl sites for hydroxylation is 1. The van der Waals surface area contributed by atoms with E-state index in [-0.39, 0.29) is 23.1 Å². The van der Waals surface area contributed by atoms with Crippen molar-refractivity contribution in [1.82, 2.24) is 19.6 Å². The second-order valence-corrected chi connectivity index (χ2v) is 5.62. The van der Waals surface area contributed by atoms with Gasteiger partial charge in [-0.2, -0.15) is 22.7 Å². The van der Waals surface area contributed by atoms with Crippen LogP contribution in [0.5, 0.6) is 0 Å². The van der Waals surface area contributed by atoms with Gasteiger partial charge in [0.1, 0.15) is 11.6 Å². The number of aliphatic carboxylic acids is 1. The molecule has 0 amide bonds. The summed E-state index contributed by atoms with van der Waals surface area (Å²) in [7, 11) is 0. The van der Waals surface area contributed by atoms with Crippen LogP contribution in [0.1, 0.15) is 22.9 Å². The molecule has 0 radical (unpaired) electrons. The van der Waals surface area contributed by atoms with Gasteiger partial charge in [-0.3, -0.25) is 0 Å². The third-order valence-electron chi connectivity index (χ3n) is 3.63. The van der Waals surface area contributed by atoms with Crippen LogP contribution in [0.15, 0.2) is 24.3 Å². The molecule has 0 fully saturated rings. The number of fused-ring (bicyclic) bond motifs is 1. The van der Waals surface area contributed by atoms with E-state index in [9.17, 15) is 27.5 Å². The maximum absolute atomic E-state index is 13.8. The van der Waals surface area contributed by atoms with Crippen molar-refractivity contribution in [3.05, 3.63) is 46.9 Å². The van der Waals surface area contributed by atoms with E-state index in [2.05, 4.69) is 20.4 Å². The number of carboxylic acid groups (broad SMARTS) is 1. The number of hydrogen-bond donors (Lipinski definition) is 3. The van der Waals surface area contributed by atoms with Gasteiger partial charge in [0.15, 0.2) is 6.04 Å². The standard InChI is InChI=1S/C15H12F4N6O2/c1-6-4-10(25-14(21-6)23-13(20)24-25)22-11(12(26)27)7-2-3-8(9(16)5-7)15(17,18)19/h2-5,11,22H,1H3,(H2,20,24)(H,26,27). The average molecular weight is 384 g/mol. The van der Waals surface area contributed by atoms with Crippen LogP contribution in [0.3, 0.4) is 0 Å². The monoisotopic (exact) mass is 384 g/mol. The lowest BCUT2D eigenvalue weighted by atomic mass is 10.0. The molecule has 3 rings (SSSR count). The first kappa shape index (κ1) is 18.4. The summed E-state index contributed by atoms with van der Waals surface area (Å²) in [5, 5.41) is 15.9. The van der Waals surface area contributed by atoms with Crippen molar-refractivity contribution < 1.29 is 27.5 Å². The zero-order valence-corrected chi connectivity index (χ0v) is 13.6. The Bertz CT molecular complexity index is 1030. The summed E-state index contributed by atoms with van der Waals surface area (Å²) in [6.07, 6.45) is -4.89. The predicted molar refractivity (Wildman–Crippen MR) is 85.3 cm³/mol. The fraction of sp³-hybridized carbons (Fsp3) is 0.200. The molecule has 1 aromatic carbocycles. The van der Waals surface area contributed by atoms with Crippen LogP contribution in [0.25, 0.3) is 5.78 Å². The van der Waals surface area contributed by atoms with Crippen LogP contribution in [0, 0.1) is 12.7 Å². The van der Waals surface area contributed by atoms with Gasteiger partial charge in [0.25, 0.3) is 5.78 Å². The van der Waals surface area contributed by atoms with Gasteiger partial charge in [-0.15, -0.1) is 5.10 Å². The number of carboxylic acids is 1. The summed E-state index contributed by atoms with van der Waals surface area (Å²) >= 11 is 0. The number of rotatable bonds is 4. The molecule has 3 aromatic rings. The number of nitrogens with one attached hydrogen (secondary N) is 1. The Kier molecular flexibility index (Phi) is 4.33. The highest BCUT2D eigenvalue weighted by Gasteiger charge is 2.35. The Morgan fingerprint density at radius 2 is 2.00 bits per heavy atom. The van der Waals surface area contributed by atoms with Gasteiger partial charge in [-0.25, -0.2) is 14.2 Å². The lowest BCUT2D eigenvalue weighted by Gasteiger charge is -2.18. The number of nitrogens with zero attached hydrogens (tertiary/aromatic N) is 4. The van der Waals surface area contributed by atoms with E-state index in [1.807, 2.05) is 0 Å². The van der Waals surface area contributed by atoms with E-state index in [0.29, 0.717) is 17.8 Å². The van der Waals surface area contributed by atoms with Crippen molar-refractivity contribution in [1.29, 1.82) is 0 Å². The quantitative estimate of drug-likeness (QED) is 0.591. The van der Waals surface area contributed by atoms with Crippen LogP contribution in [-0.4, -0.2) is 30.7 Å². The third kappa shape index (κ3) is 3.59. The predicted octanol–water partition coefficient (Wildman–Crippen LogP) is 2.41. The number of carbonyl (C=O) groups is 1. The molecule has 4 N–H and O–H groups in total. The molecule has 0 saturated carbocycles. The second kappa shape index (κ2) is 6.37. The topological polar surface area (TPSA) is 118 Å². The summed E-state index contributed by atoms with van der Waals surface area (Å²) in [5.41, 5.74) is 4.26. The molecule has 0 aliphatic carbocycles. The lowest BCUT2D eigenvalue weighted by Crippen LogP contribution is -2.23. The van der Waals surface area contributed by atoms with Gasteiger partial charge in [-0.1, -0.05) is 6.07 Å². The number of nitrogens with two attached hydrogens (primary N) is 1. The minimum atomic E-state index is -4.89. The van der Waals surface area contributed by atoms with Gasteiger partial charge >= 0.3 is 12.1 Å². The van der Waals surface area contributed by atoms with Gasteiger partial charge < -0.3 is 16.2 Å². The molecule has 27 heavy (non-hydrogen) atoms. The first-order chi connectivity index (χ1) is 12.6. The molecule has 0 saturated heterocycles. The van der Waals surface area contributed by atoms with E-state index in [1.165, 1.54) is 6.07 Å². The Morgan fingerprint density at radius 1 is 1.30 bits per heavy atom. The molecule has 2 aromatic heterocycles. The molecular weight excluding hydrogens is 372 g/mol. The fourth-order valence-electron chi connectivity index (χ4n) is 2.48. The van der Waals surface area contributed by atoms with E-state index in [0.717, 1.165) is 10.6 Å². The van der Waals surface area contributed by atoms with Crippen molar-refractivity contribution >= 4 is 23.5 Å². The van der Waals surface area contributed by atoms with Crippen molar-refractivity contribution in [2.45, 2.75) is 19.1 Å². The molecule has 1 unspecified atom stereocenters. The molecule has 0 aliphatic heterocycles. The molecule has 1 atom stereocenters. The SMILES string of the molecule is Cc1cc(NC(C(=O)O)c2ccc(C(F)(F)F)c(F)c2)n2nc(N)nc2n1. The summed E-state index contributed by atoms with van der Waals surface area (Å²) in [6, 6.07) is 1.78.